The summed E-state index contributed by atoms with van der Waals surface area (Å²) in [5, 5.41) is 20.9. The van der Waals surface area contributed by atoms with E-state index < -0.39 is 19.9 Å². The number of carbonyl (C=O) groups excluding carboxylic acids is 4. The van der Waals surface area contributed by atoms with Crippen molar-refractivity contribution in [2.45, 2.75) is 128 Å². The van der Waals surface area contributed by atoms with Gasteiger partial charge in [0.2, 0.25) is 27.7 Å². The molecule has 0 atom stereocenters. The Morgan fingerprint density at radius 3 is 1.10 bits per heavy atom. The first-order valence-corrected chi connectivity index (χ1v) is 25.8. The molecule has 0 unspecified atom stereocenters. The van der Waals surface area contributed by atoms with Crippen LogP contribution in [0.1, 0.15) is 128 Å². The van der Waals surface area contributed by atoms with Crippen LogP contribution in [-0.4, -0.2) is 136 Å². The van der Waals surface area contributed by atoms with E-state index in [1.807, 2.05) is 0 Å². The largest absolute Gasteiger partial charge is 0.356 e. The van der Waals surface area contributed by atoms with E-state index in [1.165, 1.54) is 96.1 Å². The third kappa shape index (κ3) is 37.0. The average Bonchev–Trinajstić information content (AvgIpc) is 4.12. The number of Topliss-reactive ketones (excluding diaryl/α,β-unsaturated/α-hetero) is 1. The summed E-state index contributed by atoms with van der Waals surface area (Å²) in [5.74, 6) is 2.12. The summed E-state index contributed by atoms with van der Waals surface area (Å²) in [6.45, 7) is 15.8. The molecular formula is C41H80N8O8S2. The minimum atomic E-state index is -2.80. The molecule has 0 aromatic carbocycles. The normalized spacial score (nSPS) is 23.7. The molecule has 18 heteroatoms. The summed E-state index contributed by atoms with van der Waals surface area (Å²) < 4.78 is 43.9. The molecule has 344 valence electrons. The molecule has 0 bridgehead atoms. The number of amides is 3. The van der Waals surface area contributed by atoms with Gasteiger partial charge >= 0.3 is 0 Å². The molecular weight excluding hydrogens is 797 g/mol. The molecule has 16 nitrogen and oxygen atoms in total. The van der Waals surface area contributed by atoms with Gasteiger partial charge in [0.25, 0.3) is 0 Å². The molecule has 8 N–H and O–H groups in total. The van der Waals surface area contributed by atoms with Crippen molar-refractivity contribution < 1.29 is 36.0 Å². The highest BCUT2D eigenvalue weighted by molar-refractivity contribution is 7.91. The van der Waals surface area contributed by atoms with Crippen molar-refractivity contribution in [1.82, 2.24) is 41.9 Å². The number of rotatable bonds is 0. The first kappa shape index (κ1) is 54.5. The van der Waals surface area contributed by atoms with Crippen molar-refractivity contribution in [3.63, 3.8) is 0 Å². The highest BCUT2D eigenvalue weighted by atomic mass is 32.2. The van der Waals surface area contributed by atoms with Crippen LogP contribution in [0.2, 0.25) is 0 Å². The van der Waals surface area contributed by atoms with Gasteiger partial charge in [0.05, 0.1) is 23.8 Å². The van der Waals surface area contributed by atoms with Crippen molar-refractivity contribution in [1.29, 1.82) is 0 Å². The van der Waals surface area contributed by atoms with Crippen LogP contribution in [-0.2, 0) is 39.0 Å². The average molecular weight is 877 g/mol. The predicted molar refractivity (Wildman–Crippen MR) is 237 cm³/mol. The molecule has 0 radical (unpaired) electrons. The molecule has 9 rings (SSSR count). The van der Waals surface area contributed by atoms with Gasteiger partial charge in [-0.1, -0.05) is 25.0 Å². The monoisotopic (exact) mass is 877 g/mol. The quantitative estimate of drug-likeness (QED) is 0.163. The number of piperazine rings is 1. The Kier molecular flexibility index (Phi) is 33.5. The van der Waals surface area contributed by atoms with Crippen molar-refractivity contribution in [2.75, 3.05) is 95.8 Å². The summed E-state index contributed by atoms with van der Waals surface area (Å²) in [4.78, 5) is 40.8. The van der Waals surface area contributed by atoms with Gasteiger partial charge in [-0.3, -0.25) is 19.2 Å². The summed E-state index contributed by atoms with van der Waals surface area (Å²) in [6, 6.07) is 0. The van der Waals surface area contributed by atoms with Gasteiger partial charge in [-0.05, 0) is 129 Å². The predicted octanol–water partition coefficient (Wildman–Crippen LogP) is 1.97. The van der Waals surface area contributed by atoms with Crippen molar-refractivity contribution in [2.24, 2.45) is 0 Å². The minimum Gasteiger partial charge on any atom is -0.356 e. The Labute approximate surface area is 356 Å². The molecule has 1 aliphatic carbocycles. The number of piperidine rings is 2. The fraction of sp³-hybridized carbons (Fsp3) is 0.854. The third-order valence-electron chi connectivity index (χ3n) is 9.90. The van der Waals surface area contributed by atoms with E-state index in [4.69, 9.17) is 0 Å². The Balaban J connectivity index is 0.000000332. The molecule has 9 aliphatic rings. The van der Waals surface area contributed by atoms with E-state index in [0.29, 0.717) is 36.1 Å². The summed E-state index contributed by atoms with van der Waals surface area (Å²) >= 11 is 0. The van der Waals surface area contributed by atoms with Crippen molar-refractivity contribution >= 4 is 43.4 Å². The highest BCUT2D eigenvalue weighted by Gasteiger charge is 2.16. The number of sulfone groups is 1. The van der Waals surface area contributed by atoms with Gasteiger partial charge in [0.1, 0.15) is 15.6 Å². The van der Waals surface area contributed by atoms with E-state index in [0.717, 1.165) is 103 Å². The van der Waals surface area contributed by atoms with E-state index in [1.54, 1.807) is 0 Å². The molecule has 8 saturated heterocycles. The maximum Gasteiger partial charge on any atom is 0.234 e. The standard InChI is InChI=1S/C7H13N.2C5H11N.C5H8O.C4H8N2O.2C4H7NO.C4H8O2S.C3H7NO2S/c1-7-3-2-5-8-6-4-7;2*1-2-4-6-5-3-1;6-5-3-1-2-4-5;7-4-3-5-1-2-6-4;2*6-4-2-1-3-5-4;2*5-7(6)3-1-2-4-7/h8H,1-6H2;2*6H,1-5H2;1-4H2;5H,1-3H2,(H,6,7);2*1-3H2,(H,5,6);1-4H2;4H,1-3H2. The van der Waals surface area contributed by atoms with Crippen LogP contribution in [0.25, 0.3) is 0 Å². The summed E-state index contributed by atoms with van der Waals surface area (Å²) in [7, 11) is -5.34. The maximum atomic E-state index is 10.4. The Morgan fingerprint density at radius 1 is 0.373 bits per heavy atom. The molecule has 8 aliphatic heterocycles. The van der Waals surface area contributed by atoms with Gasteiger partial charge in [-0.25, -0.2) is 21.6 Å². The molecule has 3 amide bonds. The number of nitrogens with one attached hydrogen (secondary N) is 8. The lowest BCUT2D eigenvalue weighted by molar-refractivity contribution is -0.121. The second-order valence-corrected chi connectivity index (χ2v) is 19.8. The molecule has 8 heterocycles. The smallest absolute Gasteiger partial charge is 0.234 e. The molecule has 0 spiro atoms. The van der Waals surface area contributed by atoms with E-state index >= 15 is 0 Å². The summed E-state index contributed by atoms with van der Waals surface area (Å²) in [5.41, 5.74) is 1.41. The molecule has 9 fully saturated rings. The lowest BCUT2D eigenvalue weighted by Gasteiger charge is -2.11. The second-order valence-electron chi connectivity index (χ2n) is 15.6. The maximum absolute atomic E-state index is 10.4. The number of hydrogen-bond donors (Lipinski definition) is 8. The zero-order valence-electron chi connectivity index (χ0n) is 36.0. The summed E-state index contributed by atoms with van der Waals surface area (Å²) in [6.07, 6.45) is 22.1. The second kappa shape index (κ2) is 36.2. The van der Waals surface area contributed by atoms with Crippen LogP contribution in [0.4, 0.5) is 0 Å². The third-order valence-corrected chi connectivity index (χ3v) is 13.2. The first-order chi connectivity index (χ1) is 28.4. The fourth-order valence-electron chi connectivity index (χ4n) is 6.34. The van der Waals surface area contributed by atoms with E-state index in [9.17, 15) is 36.0 Å². The molecule has 0 aromatic heterocycles. The van der Waals surface area contributed by atoms with Crippen molar-refractivity contribution in [3.05, 3.63) is 12.2 Å². The van der Waals surface area contributed by atoms with Crippen molar-refractivity contribution in [3.8, 4) is 0 Å². The Hall–Kier alpha value is -2.48. The Morgan fingerprint density at radius 2 is 0.864 bits per heavy atom. The molecule has 1 saturated carbocycles. The zero-order chi connectivity index (χ0) is 43.3. The number of hydrogen-bond acceptors (Lipinski definition) is 12. The minimum absolute atomic E-state index is 0.103. The van der Waals surface area contributed by atoms with Gasteiger partial charge in [-0.15, -0.1) is 0 Å². The van der Waals surface area contributed by atoms with Gasteiger partial charge < -0.3 is 37.2 Å². The molecule has 59 heavy (non-hydrogen) atoms. The van der Waals surface area contributed by atoms with Crippen LogP contribution >= 0.6 is 0 Å². The first-order valence-electron chi connectivity index (χ1n) is 22.4. The Bertz CT molecular complexity index is 1190. The van der Waals surface area contributed by atoms with Crippen LogP contribution in [0, 0.1) is 0 Å². The van der Waals surface area contributed by atoms with Crippen LogP contribution in [0.5, 0.6) is 0 Å². The zero-order valence-corrected chi connectivity index (χ0v) is 37.7. The van der Waals surface area contributed by atoms with E-state index in [2.05, 4.69) is 48.5 Å². The number of ketones is 1. The SMILES string of the molecule is C1CCNCC1.C1CCNCC1.C=C1CCCNCC1.O=C1CCCC1.O=C1CCCN1.O=C1CCCN1.O=C1CNCCN1.O=S1(=O)CCCC1.O=S1(=O)CCCN1. The highest BCUT2D eigenvalue weighted by Crippen LogP contribution is 2.11. The number of carbonyl (C=O) groups is 4. The topological polar surface area (TPSA) is 233 Å². The van der Waals surface area contributed by atoms with Gasteiger partial charge in [0, 0.05) is 58.4 Å². The van der Waals surface area contributed by atoms with Crippen LogP contribution in [0.3, 0.4) is 0 Å². The van der Waals surface area contributed by atoms with Crippen LogP contribution in [0.15, 0.2) is 12.2 Å². The lowest BCUT2D eigenvalue weighted by Crippen LogP contribution is -2.44. The van der Waals surface area contributed by atoms with Crippen LogP contribution < -0.4 is 41.9 Å². The van der Waals surface area contributed by atoms with Gasteiger partial charge in [-0.2, -0.15) is 0 Å². The number of sulfonamides is 1. The molecule has 0 aromatic rings. The van der Waals surface area contributed by atoms with Gasteiger partial charge in [0.15, 0.2) is 0 Å². The fourth-order valence-corrected chi connectivity index (χ4v) is 8.96. The lowest BCUT2D eigenvalue weighted by atomic mass is 10.1. The van der Waals surface area contributed by atoms with E-state index in [-0.39, 0.29) is 17.7 Å².